The van der Waals surface area contributed by atoms with Crippen LogP contribution in [0, 0.1) is 0 Å². The van der Waals surface area contributed by atoms with Crippen LogP contribution in [-0.4, -0.2) is 38.4 Å². The number of aliphatic hydroxyl groups excluding tert-OH is 1. The number of ether oxygens (including phenoxy) is 2. The van der Waals surface area contributed by atoms with Crippen LogP contribution < -0.4 is 15.0 Å². The zero-order valence-electron chi connectivity index (χ0n) is 17.2. The minimum Gasteiger partial charge on any atom is -0.493 e. The molecule has 4 aromatic rings. The van der Waals surface area contributed by atoms with Gasteiger partial charge in [-0.1, -0.05) is 6.07 Å². The number of pyridine rings is 2. The van der Waals surface area contributed by atoms with Gasteiger partial charge in [0.2, 0.25) is 0 Å². The first kappa shape index (κ1) is 19.7. The van der Waals surface area contributed by atoms with Crippen molar-refractivity contribution in [2.45, 2.75) is 13.0 Å². The second-order valence-corrected chi connectivity index (χ2v) is 6.96. The molecule has 3 heterocycles. The molecule has 1 N–H and O–H groups in total. The van der Waals surface area contributed by atoms with E-state index in [2.05, 4.69) is 4.98 Å². The normalized spacial score (nSPS) is 12.2. The lowest BCUT2D eigenvalue weighted by Crippen LogP contribution is -2.15. The summed E-state index contributed by atoms with van der Waals surface area (Å²) in [7, 11) is 4.84. The number of benzene rings is 1. The molecule has 0 amide bonds. The molecule has 8 heteroatoms. The summed E-state index contributed by atoms with van der Waals surface area (Å²) in [4.78, 5) is 21.4. The van der Waals surface area contributed by atoms with Gasteiger partial charge in [0.15, 0.2) is 11.5 Å². The lowest BCUT2D eigenvalue weighted by Gasteiger charge is -2.14. The van der Waals surface area contributed by atoms with Crippen LogP contribution in [0.5, 0.6) is 11.5 Å². The molecule has 8 nitrogen and oxygen atoms in total. The molecule has 0 saturated carbocycles. The summed E-state index contributed by atoms with van der Waals surface area (Å²) in [6.45, 7) is 1.67. The molecule has 0 saturated heterocycles. The highest BCUT2D eigenvalue weighted by Crippen LogP contribution is 2.33. The molecule has 0 fully saturated rings. The van der Waals surface area contributed by atoms with Crippen LogP contribution in [0.25, 0.3) is 28.1 Å². The Kier molecular flexibility index (Phi) is 5.01. The summed E-state index contributed by atoms with van der Waals surface area (Å²) in [6.07, 6.45) is 2.61. The minimum absolute atomic E-state index is 0.152. The monoisotopic (exact) mass is 406 g/mol. The first-order chi connectivity index (χ1) is 14.4. The van der Waals surface area contributed by atoms with Crippen molar-refractivity contribution in [2.75, 3.05) is 14.2 Å². The number of imidazole rings is 1. The third-order valence-corrected chi connectivity index (χ3v) is 5.04. The summed E-state index contributed by atoms with van der Waals surface area (Å²) in [6, 6.07) is 10.6. The molecular formula is C22H22N4O4. The molecule has 0 spiro atoms. The fourth-order valence-electron chi connectivity index (χ4n) is 3.38. The molecule has 0 aliphatic heterocycles. The van der Waals surface area contributed by atoms with Gasteiger partial charge in [-0.2, -0.15) is 0 Å². The summed E-state index contributed by atoms with van der Waals surface area (Å²) < 4.78 is 14.1. The Morgan fingerprint density at radius 3 is 2.47 bits per heavy atom. The maximum absolute atomic E-state index is 12.1. The second-order valence-electron chi connectivity index (χ2n) is 6.96. The van der Waals surface area contributed by atoms with E-state index in [4.69, 9.17) is 14.5 Å². The van der Waals surface area contributed by atoms with E-state index in [1.165, 1.54) is 10.6 Å². The number of methoxy groups -OCH3 is 2. The lowest BCUT2D eigenvalue weighted by atomic mass is 10.0. The maximum atomic E-state index is 12.1. The minimum atomic E-state index is -0.741. The standard InChI is InChI=1S/C22H22N4O4/c1-13(27)15-5-6-20(24-22(15)14-7-8-25(2)21(28)9-14)26-12-23-16-10-18(29-3)19(30-4)11-17(16)26/h5-13,27H,1-4H3. The van der Waals surface area contributed by atoms with Gasteiger partial charge in [0.1, 0.15) is 12.1 Å². The first-order valence-electron chi connectivity index (χ1n) is 9.38. The van der Waals surface area contributed by atoms with Crippen LogP contribution in [-0.2, 0) is 7.05 Å². The molecule has 154 valence electrons. The number of fused-ring (bicyclic) bond motifs is 1. The highest BCUT2D eigenvalue weighted by molar-refractivity contribution is 5.81. The lowest BCUT2D eigenvalue weighted by molar-refractivity contribution is 0.199. The van der Waals surface area contributed by atoms with Crippen molar-refractivity contribution in [3.05, 3.63) is 64.8 Å². The Labute approximate surface area is 173 Å². The van der Waals surface area contributed by atoms with Crippen molar-refractivity contribution in [1.29, 1.82) is 0 Å². The fourth-order valence-corrected chi connectivity index (χ4v) is 3.38. The van der Waals surface area contributed by atoms with Gasteiger partial charge in [0.25, 0.3) is 5.56 Å². The average molecular weight is 406 g/mol. The van der Waals surface area contributed by atoms with Gasteiger partial charge >= 0.3 is 0 Å². The fraction of sp³-hybridized carbons (Fsp3) is 0.227. The van der Waals surface area contributed by atoms with Crippen molar-refractivity contribution < 1.29 is 14.6 Å². The van der Waals surface area contributed by atoms with E-state index >= 15 is 0 Å². The molecule has 1 aromatic carbocycles. The Hall–Kier alpha value is -3.65. The quantitative estimate of drug-likeness (QED) is 0.548. The number of aliphatic hydroxyl groups is 1. The molecule has 0 radical (unpaired) electrons. The SMILES string of the molecule is COc1cc2ncn(-c3ccc(C(C)O)c(-c4ccn(C)c(=O)c4)n3)c2cc1OC. The van der Waals surface area contributed by atoms with Gasteiger partial charge < -0.3 is 19.1 Å². The van der Waals surface area contributed by atoms with Gasteiger partial charge in [-0.05, 0) is 19.1 Å². The zero-order valence-corrected chi connectivity index (χ0v) is 17.2. The van der Waals surface area contributed by atoms with Crippen LogP contribution in [0.1, 0.15) is 18.6 Å². The van der Waals surface area contributed by atoms with Crippen LogP contribution in [0.4, 0.5) is 0 Å². The molecule has 30 heavy (non-hydrogen) atoms. The van der Waals surface area contributed by atoms with Gasteiger partial charge in [-0.15, -0.1) is 0 Å². The van der Waals surface area contributed by atoms with E-state index in [1.54, 1.807) is 52.8 Å². The molecule has 0 aliphatic carbocycles. The van der Waals surface area contributed by atoms with E-state index in [-0.39, 0.29) is 5.56 Å². The predicted molar refractivity (Wildman–Crippen MR) is 113 cm³/mol. The second kappa shape index (κ2) is 7.64. The van der Waals surface area contributed by atoms with Gasteiger partial charge in [-0.3, -0.25) is 9.36 Å². The summed E-state index contributed by atoms with van der Waals surface area (Å²) in [5, 5.41) is 10.2. The summed E-state index contributed by atoms with van der Waals surface area (Å²) in [5.74, 6) is 1.78. The highest BCUT2D eigenvalue weighted by atomic mass is 16.5. The Balaban J connectivity index is 1.92. The Morgan fingerprint density at radius 2 is 1.80 bits per heavy atom. The Bertz CT molecular complexity index is 1290. The van der Waals surface area contributed by atoms with Crippen LogP contribution in [0.15, 0.2) is 53.7 Å². The third kappa shape index (κ3) is 3.31. The molecule has 0 bridgehead atoms. The number of aromatic nitrogens is 4. The molecule has 3 aromatic heterocycles. The zero-order chi connectivity index (χ0) is 21.4. The molecule has 1 unspecified atom stereocenters. The summed E-state index contributed by atoms with van der Waals surface area (Å²) in [5.41, 5.74) is 3.18. The van der Waals surface area contributed by atoms with Crippen LogP contribution in [0.3, 0.4) is 0 Å². The third-order valence-electron chi connectivity index (χ3n) is 5.04. The predicted octanol–water partition coefficient (Wildman–Crippen LogP) is 2.86. The molecular weight excluding hydrogens is 384 g/mol. The highest BCUT2D eigenvalue weighted by Gasteiger charge is 2.16. The topological polar surface area (TPSA) is 91.4 Å². The molecule has 1 atom stereocenters. The van der Waals surface area contributed by atoms with E-state index in [0.29, 0.717) is 34.1 Å². The Morgan fingerprint density at radius 1 is 1.07 bits per heavy atom. The van der Waals surface area contributed by atoms with Crippen molar-refractivity contribution in [3.63, 3.8) is 0 Å². The largest absolute Gasteiger partial charge is 0.493 e. The van der Waals surface area contributed by atoms with Gasteiger partial charge in [-0.25, -0.2) is 9.97 Å². The van der Waals surface area contributed by atoms with Crippen molar-refractivity contribution >= 4 is 11.0 Å². The maximum Gasteiger partial charge on any atom is 0.250 e. The number of nitrogens with zero attached hydrogens (tertiary/aromatic N) is 4. The number of aryl methyl sites for hydroxylation is 1. The first-order valence-corrected chi connectivity index (χ1v) is 9.38. The van der Waals surface area contributed by atoms with Gasteiger partial charge in [0, 0.05) is 42.6 Å². The van der Waals surface area contributed by atoms with E-state index < -0.39 is 6.10 Å². The smallest absolute Gasteiger partial charge is 0.250 e. The summed E-state index contributed by atoms with van der Waals surface area (Å²) >= 11 is 0. The average Bonchev–Trinajstić information content (AvgIpc) is 3.16. The molecule has 4 rings (SSSR count). The van der Waals surface area contributed by atoms with Crippen molar-refractivity contribution in [2.24, 2.45) is 7.05 Å². The van der Waals surface area contributed by atoms with Crippen molar-refractivity contribution in [1.82, 2.24) is 19.1 Å². The van der Waals surface area contributed by atoms with Crippen LogP contribution >= 0.6 is 0 Å². The van der Waals surface area contributed by atoms with E-state index in [1.807, 2.05) is 22.8 Å². The number of hydrogen-bond acceptors (Lipinski definition) is 6. The van der Waals surface area contributed by atoms with Crippen LogP contribution in [0.2, 0.25) is 0 Å². The van der Waals surface area contributed by atoms with Gasteiger partial charge in [0.05, 0.1) is 37.1 Å². The molecule has 0 aliphatic rings. The van der Waals surface area contributed by atoms with E-state index in [0.717, 1.165) is 11.0 Å². The number of rotatable bonds is 5. The number of hydrogen-bond donors (Lipinski definition) is 1. The van der Waals surface area contributed by atoms with Crippen molar-refractivity contribution in [3.8, 4) is 28.6 Å². The van der Waals surface area contributed by atoms with E-state index in [9.17, 15) is 9.90 Å².